The molecule has 0 saturated heterocycles. The van der Waals surface area contributed by atoms with E-state index in [1.165, 1.54) is 0 Å². The zero-order chi connectivity index (χ0) is 16.5. The van der Waals surface area contributed by atoms with Gasteiger partial charge >= 0.3 is 17.7 Å². The van der Waals surface area contributed by atoms with E-state index in [2.05, 4.69) is 9.53 Å². The molecule has 2 N–H and O–H groups in total. The minimum absolute atomic E-state index is 0.0990. The fourth-order valence-electron chi connectivity index (χ4n) is 1.51. The third-order valence-corrected chi connectivity index (χ3v) is 2.69. The molecule has 22 heavy (non-hydrogen) atoms. The summed E-state index contributed by atoms with van der Waals surface area (Å²) in [6.07, 6.45) is -0.444. The lowest BCUT2D eigenvalue weighted by Gasteiger charge is -2.06. The Morgan fingerprint density at radius 1 is 1.27 bits per heavy atom. The van der Waals surface area contributed by atoms with Crippen molar-refractivity contribution in [3.05, 3.63) is 41.4 Å². The first-order valence-electron chi connectivity index (χ1n) is 6.29. The summed E-state index contributed by atoms with van der Waals surface area (Å²) >= 11 is 0. The summed E-state index contributed by atoms with van der Waals surface area (Å²) in [6.45, 7) is -0.0990. The molecule has 0 aliphatic carbocycles. The molecule has 116 valence electrons. The summed E-state index contributed by atoms with van der Waals surface area (Å²) in [5, 5.41) is 0. The Kier molecular flexibility index (Phi) is 6.62. The number of nitrogens with zero attached hydrogens (tertiary/aromatic N) is 2. The number of carbonyl (C=O) groups excluding carboxylic acids is 3. The van der Waals surface area contributed by atoms with Crippen LogP contribution in [0.3, 0.4) is 0 Å². The quantitative estimate of drug-likeness (QED) is 0.245. The van der Waals surface area contributed by atoms with Crippen LogP contribution in [0.1, 0.15) is 12.0 Å². The van der Waals surface area contributed by atoms with Crippen LogP contribution in [0.2, 0.25) is 0 Å². The lowest BCUT2D eigenvalue weighted by Crippen LogP contribution is -2.42. The summed E-state index contributed by atoms with van der Waals surface area (Å²) in [4.78, 5) is 37.3. The highest BCUT2D eigenvalue weighted by molar-refractivity contribution is 6.63. The van der Waals surface area contributed by atoms with E-state index < -0.39 is 35.9 Å². The topological polar surface area (TPSA) is 132 Å². The summed E-state index contributed by atoms with van der Waals surface area (Å²) in [6, 6.07) is 7.37. The number of esters is 2. The minimum atomic E-state index is -1.36. The van der Waals surface area contributed by atoms with Crippen LogP contribution < -0.4 is 5.73 Å². The molecule has 0 aromatic heterocycles. The van der Waals surface area contributed by atoms with Crippen molar-refractivity contribution in [1.29, 1.82) is 0 Å². The largest absolute Gasteiger partial charge is 0.469 e. The van der Waals surface area contributed by atoms with E-state index in [4.69, 9.17) is 16.0 Å². The third kappa shape index (κ3) is 4.93. The molecular weight excluding hydrogens is 290 g/mol. The molecule has 0 spiro atoms. The van der Waals surface area contributed by atoms with Gasteiger partial charge in [-0.15, -0.1) is 0 Å². The number of Topliss-reactive ketones (excluding diaryl/α,β-unsaturated/α-hetero) is 1. The van der Waals surface area contributed by atoms with Crippen LogP contribution in [0.5, 0.6) is 0 Å². The van der Waals surface area contributed by atoms with E-state index in [9.17, 15) is 14.4 Å². The van der Waals surface area contributed by atoms with Gasteiger partial charge in [0.25, 0.3) is 5.78 Å². The van der Waals surface area contributed by atoms with Crippen molar-refractivity contribution >= 4 is 23.4 Å². The molecule has 0 bridgehead atoms. The number of ketones is 1. The van der Waals surface area contributed by atoms with Gasteiger partial charge in [-0.05, 0) is 5.56 Å². The average molecular weight is 305 g/mol. The molecule has 0 radical (unpaired) electrons. The first kappa shape index (κ1) is 17.2. The standard InChI is InChI=1S/C14H15N3O5/c1-21-11(18)7-10(15)13(19)12(17-16)14(20)22-8-9-5-3-2-4-6-9/h2-6,10H,7-8,15H2,1H3. The second-order valence-electron chi connectivity index (χ2n) is 4.26. The fourth-order valence-corrected chi connectivity index (χ4v) is 1.51. The molecule has 1 aromatic carbocycles. The van der Waals surface area contributed by atoms with Crippen LogP contribution in [0.4, 0.5) is 0 Å². The van der Waals surface area contributed by atoms with Crippen molar-refractivity contribution in [2.24, 2.45) is 5.73 Å². The molecule has 1 atom stereocenters. The molecular formula is C14H15N3O5. The maximum absolute atomic E-state index is 11.9. The van der Waals surface area contributed by atoms with E-state index in [0.717, 1.165) is 7.11 Å². The number of ether oxygens (including phenoxy) is 2. The Morgan fingerprint density at radius 3 is 2.45 bits per heavy atom. The molecule has 1 rings (SSSR count). The number of hydrogen-bond acceptors (Lipinski definition) is 6. The predicted octanol–water partition coefficient (Wildman–Crippen LogP) is -0.140. The zero-order valence-electron chi connectivity index (χ0n) is 11.9. The number of benzene rings is 1. The maximum atomic E-state index is 11.9. The summed E-state index contributed by atoms with van der Waals surface area (Å²) < 4.78 is 9.22. The molecule has 8 heteroatoms. The number of methoxy groups -OCH3 is 1. The van der Waals surface area contributed by atoms with E-state index in [-0.39, 0.29) is 6.61 Å². The van der Waals surface area contributed by atoms with Gasteiger partial charge in [0.2, 0.25) is 0 Å². The second kappa shape index (κ2) is 8.46. The first-order valence-corrected chi connectivity index (χ1v) is 6.29. The van der Waals surface area contributed by atoms with Crippen molar-refractivity contribution in [2.45, 2.75) is 19.1 Å². The molecule has 1 aromatic rings. The van der Waals surface area contributed by atoms with Crippen molar-refractivity contribution in [2.75, 3.05) is 7.11 Å². The maximum Gasteiger partial charge on any atom is 0.443 e. The summed E-state index contributed by atoms with van der Waals surface area (Å²) in [5.41, 5.74) is 14.1. The average Bonchev–Trinajstić information content (AvgIpc) is 2.54. The monoisotopic (exact) mass is 305 g/mol. The molecule has 8 nitrogen and oxygen atoms in total. The van der Waals surface area contributed by atoms with Crippen LogP contribution in [0, 0.1) is 0 Å². The molecule has 0 fully saturated rings. The van der Waals surface area contributed by atoms with Gasteiger partial charge < -0.3 is 20.7 Å². The van der Waals surface area contributed by atoms with Gasteiger partial charge in [0.05, 0.1) is 19.6 Å². The van der Waals surface area contributed by atoms with Gasteiger partial charge in [-0.25, -0.2) is 4.79 Å². The van der Waals surface area contributed by atoms with Crippen molar-refractivity contribution < 1.29 is 28.6 Å². The highest BCUT2D eigenvalue weighted by atomic mass is 16.5. The van der Waals surface area contributed by atoms with Gasteiger partial charge in [-0.3, -0.25) is 9.59 Å². The Balaban J connectivity index is 2.66. The van der Waals surface area contributed by atoms with Crippen LogP contribution in [-0.2, 0) is 30.5 Å². The summed E-state index contributed by atoms with van der Waals surface area (Å²) in [5.74, 6) is -2.86. The van der Waals surface area contributed by atoms with Gasteiger partial charge in [-0.1, -0.05) is 30.3 Å². The van der Waals surface area contributed by atoms with Gasteiger partial charge in [0.1, 0.15) is 6.61 Å². The Bertz CT molecular complexity index is 608. The zero-order valence-corrected chi connectivity index (χ0v) is 11.9. The second-order valence-corrected chi connectivity index (χ2v) is 4.26. The van der Waals surface area contributed by atoms with E-state index in [1.54, 1.807) is 30.3 Å². The highest BCUT2D eigenvalue weighted by Crippen LogP contribution is 2.02. The third-order valence-electron chi connectivity index (χ3n) is 2.69. The number of hydrogen-bond donors (Lipinski definition) is 1. The first-order chi connectivity index (χ1) is 10.5. The highest BCUT2D eigenvalue weighted by Gasteiger charge is 2.36. The smallest absolute Gasteiger partial charge is 0.443 e. The van der Waals surface area contributed by atoms with Crippen molar-refractivity contribution in [3.8, 4) is 0 Å². The molecule has 0 saturated carbocycles. The van der Waals surface area contributed by atoms with Gasteiger partial charge in [0.15, 0.2) is 0 Å². The van der Waals surface area contributed by atoms with Crippen LogP contribution in [0.25, 0.3) is 5.53 Å². The minimum Gasteiger partial charge on any atom is -0.469 e. The Morgan fingerprint density at radius 2 is 1.91 bits per heavy atom. The molecule has 0 heterocycles. The van der Waals surface area contributed by atoms with Crippen LogP contribution >= 0.6 is 0 Å². The summed E-state index contributed by atoms with van der Waals surface area (Å²) in [7, 11) is 1.13. The predicted molar refractivity (Wildman–Crippen MR) is 74.5 cm³/mol. The Hall–Kier alpha value is -2.83. The van der Waals surface area contributed by atoms with Gasteiger partial charge in [-0.2, -0.15) is 4.79 Å². The number of rotatable bonds is 7. The van der Waals surface area contributed by atoms with Crippen molar-refractivity contribution in [1.82, 2.24) is 0 Å². The normalized spacial score (nSPS) is 11.0. The molecule has 0 aliphatic heterocycles. The molecule has 0 amide bonds. The van der Waals surface area contributed by atoms with Gasteiger partial charge in [0, 0.05) is 0 Å². The van der Waals surface area contributed by atoms with Crippen LogP contribution in [-0.4, -0.2) is 41.4 Å². The van der Waals surface area contributed by atoms with E-state index in [0.29, 0.717) is 5.56 Å². The van der Waals surface area contributed by atoms with E-state index in [1.807, 2.05) is 0 Å². The molecule has 1 unspecified atom stereocenters. The number of nitrogens with two attached hydrogens (primary N) is 1. The lowest BCUT2D eigenvalue weighted by molar-refractivity contribution is -0.145. The molecule has 0 aliphatic rings. The lowest BCUT2D eigenvalue weighted by atomic mass is 10.1. The Labute approximate surface area is 126 Å². The fraction of sp³-hybridized carbons (Fsp3) is 0.286. The van der Waals surface area contributed by atoms with E-state index >= 15 is 0 Å². The van der Waals surface area contributed by atoms with Crippen LogP contribution in [0.15, 0.2) is 30.3 Å². The number of carbonyl (C=O) groups is 3. The van der Waals surface area contributed by atoms with Crippen molar-refractivity contribution in [3.63, 3.8) is 0 Å². The SMILES string of the molecule is COC(=O)CC(N)C(=O)C(=[N+]=[N-])C(=O)OCc1ccccc1.